The van der Waals surface area contributed by atoms with Gasteiger partial charge in [0.15, 0.2) is 0 Å². The SMILES string of the molecule is CCN(CC)C(=O)CN(C)C(=O)c1cccnc1Cl. The van der Waals surface area contributed by atoms with Crippen LogP contribution < -0.4 is 0 Å². The van der Waals surface area contributed by atoms with Gasteiger partial charge in [-0.25, -0.2) is 4.98 Å². The largest absolute Gasteiger partial charge is 0.342 e. The van der Waals surface area contributed by atoms with Gasteiger partial charge in [0.1, 0.15) is 5.15 Å². The van der Waals surface area contributed by atoms with Crippen molar-refractivity contribution in [3.8, 4) is 0 Å². The number of pyridine rings is 1. The van der Waals surface area contributed by atoms with E-state index in [1.165, 1.54) is 11.1 Å². The van der Waals surface area contributed by atoms with E-state index in [1.54, 1.807) is 24.1 Å². The zero-order chi connectivity index (χ0) is 14.4. The normalized spacial score (nSPS) is 10.1. The molecule has 6 heteroatoms. The maximum Gasteiger partial charge on any atom is 0.257 e. The van der Waals surface area contributed by atoms with E-state index >= 15 is 0 Å². The topological polar surface area (TPSA) is 53.5 Å². The number of rotatable bonds is 5. The minimum absolute atomic E-state index is 0.0335. The third-order valence-electron chi connectivity index (χ3n) is 2.82. The first-order valence-electron chi connectivity index (χ1n) is 6.15. The van der Waals surface area contributed by atoms with Crippen molar-refractivity contribution in [2.75, 3.05) is 26.7 Å². The Hall–Kier alpha value is -1.62. The second-order valence-corrected chi connectivity index (χ2v) is 4.43. The summed E-state index contributed by atoms with van der Waals surface area (Å²) < 4.78 is 0. The lowest BCUT2D eigenvalue weighted by molar-refractivity contribution is -0.131. The first-order chi connectivity index (χ1) is 9.01. The van der Waals surface area contributed by atoms with Crippen LogP contribution in [0.15, 0.2) is 18.3 Å². The van der Waals surface area contributed by atoms with Crippen molar-refractivity contribution in [1.29, 1.82) is 0 Å². The van der Waals surface area contributed by atoms with Crippen molar-refractivity contribution in [3.63, 3.8) is 0 Å². The van der Waals surface area contributed by atoms with Gasteiger partial charge in [-0.2, -0.15) is 0 Å². The van der Waals surface area contributed by atoms with E-state index in [9.17, 15) is 9.59 Å². The molecule has 0 atom stereocenters. The zero-order valence-electron chi connectivity index (χ0n) is 11.4. The zero-order valence-corrected chi connectivity index (χ0v) is 12.1. The monoisotopic (exact) mass is 283 g/mol. The van der Waals surface area contributed by atoms with Gasteiger partial charge in [0.2, 0.25) is 5.91 Å². The molecule has 1 rings (SSSR count). The standard InChI is InChI=1S/C13H18ClN3O2/c1-4-17(5-2)11(18)9-16(3)13(19)10-7-6-8-15-12(10)14/h6-8H,4-5,9H2,1-3H3. The molecule has 0 fully saturated rings. The van der Waals surface area contributed by atoms with Gasteiger partial charge in [0, 0.05) is 26.3 Å². The number of likely N-dealkylation sites (N-methyl/N-ethyl adjacent to an activating group) is 2. The number of aromatic nitrogens is 1. The van der Waals surface area contributed by atoms with E-state index in [4.69, 9.17) is 11.6 Å². The molecule has 0 aliphatic carbocycles. The van der Waals surface area contributed by atoms with Crippen LogP contribution in [0.25, 0.3) is 0 Å². The summed E-state index contributed by atoms with van der Waals surface area (Å²) in [5.74, 6) is -0.389. The number of halogens is 1. The minimum atomic E-state index is -0.307. The molecular weight excluding hydrogens is 266 g/mol. The lowest BCUT2D eigenvalue weighted by atomic mass is 10.2. The summed E-state index contributed by atoms with van der Waals surface area (Å²) in [5.41, 5.74) is 0.305. The van der Waals surface area contributed by atoms with E-state index in [1.807, 2.05) is 13.8 Å². The van der Waals surface area contributed by atoms with Crippen LogP contribution in [-0.2, 0) is 4.79 Å². The Bertz CT molecular complexity index is 461. The Morgan fingerprint density at radius 1 is 1.32 bits per heavy atom. The molecule has 0 unspecified atom stereocenters. The van der Waals surface area contributed by atoms with Crippen molar-refractivity contribution >= 4 is 23.4 Å². The molecule has 1 aromatic heterocycles. The lowest BCUT2D eigenvalue weighted by Gasteiger charge is -2.23. The molecule has 0 radical (unpaired) electrons. The van der Waals surface area contributed by atoms with Gasteiger partial charge in [-0.05, 0) is 26.0 Å². The third-order valence-corrected chi connectivity index (χ3v) is 3.13. The predicted molar refractivity (Wildman–Crippen MR) is 74.1 cm³/mol. The van der Waals surface area contributed by atoms with E-state index in [2.05, 4.69) is 4.98 Å². The van der Waals surface area contributed by atoms with Crippen LogP contribution in [0.2, 0.25) is 5.15 Å². The van der Waals surface area contributed by atoms with Gasteiger partial charge in [-0.3, -0.25) is 9.59 Å². The second kappa shape index (κ2) is 7.09. The molecule has 0 bridgehead atoms. The van der Waals surface area contributed by atoms with Crippen LogP contribution in [0, 0.1) is 0 Å². The summed E-state index contributed by atoms with van der Waals surface area (Å²) in [7, 11) is 1.58. The summed E-state index contributed by atoms with van der Waals surface area (Å²) in [6.07, 6.45) is 1.51. The third kappa shape index (κ3) is 3.92. The fourth-order valence-electron chi connectivity index (χ4n) is 1.70. The number of amides is 2. The average Bonchev–Trinajstić information content (AvgIpc) is 2.39. The van der Waals surface area contributed by atoms with Crippen LogP contribution >= 0.6 is 11.6 Å². The average molecular weight is 284 g/mol. The molecule has 104 valence electrons. The summed E-state index contributed by atoms with van der Waals surface area (Å²) in [5, 5.41) is 0.148. The molecule has 0 aromatic carbocycles. The number of carbonyl (C=O) groups is 2. The first kappa shape index (κ1) is 15.4. The number of nitrogens with zero attached hydrogens (tertiary/aromatic N) is 3. The Labute approximate surface area is 118 Å². The molecule has 19 heavy (non-hydrogen) atoms. The van der Waals surface area contributed by atoms with Crippen LogP contribution in [0.4, 0.5) is 0 Å². The Balaban J connectivity index is 2.74. The van der Waals surface area contributed by atoms with Gasteiger partial charge in [0.05, 0.1) is 12.1 Å². The summed E-state index contributed by atoms with van der Waals surface area (Å²) in [6.45, 7) is 5.10. The smallest absolute Gasteiger partial charge is 0.257 e. The molecule has 1 aromatic rings. The summed E-state index contributed by atoms with van der Waals surface area (Å²) >= 11 is 5.86. The fraction of sp³-hybridized carbons (Fsp3) is 0.462. The quantitative estimate of drug-likeness (QED) is 0.773. The van der Waals surface area contributed by atoms with Crippen molar-refractivity contribution in [2.45, 2.75) is 13.8 Å². The predicted octanol–water partition coefficient (Wildman–Crippen LogP) is 1.68. The maximum absolute atomic E-state index is 12.1. The minimum Gasteiger partial charge on any atom is -0.342 e. The van der Waals surface area contributed by atoms with E-state index in [0.29, 0.717) is 18.7 Å². The molecule has 0 spiro atoms. The highest BCUT2D eigenvalue weighted by Gasteiger charge is 2.19. The number of hydrogen-bond donors (Lipinski definition) is 0. The van der Waals surface area contributed by atoms with Gasteiger partial charge in [0.25, 0.3) is 5.91 Å². The molecule has 0 saturated heterocycles. The Morgan fingerprint density at radius 3 is 2.47 bits per heavy atom. The highest BCUT2D eigenvalue weighted by atomic mass is 35.5. The fourth-order valence-corrected chi connectivity index (χ4v) is 1.90. The molecule has 0 saturated carbocycles. The van der Waals surface area contributed by atoms with Crippen molar-refractivity contribution in [3.05, 3.63) is 29.0 Å². The highest BCUT2D eigenvalue weighted by molar-refractivity contribution is 6.32. The van der Waals surface area contributed by atoms with Crippen molar-refractivity contribution in [2.24, 2.45) is 0 Å². The Morgan fingerprint density at radius 2 is 1.95 bits per heavy atom. The molecule has 0 aliphatic heterocycles. The van der Waals surface area contributed by atoms with Gasteiger partial charge < -0.3 is 9.80 Å². The van der Waals surface area contributed by atoms with Gasteiger partial charge in [-0.15, -0.1) is 0 Å². The van der Waals surface area contributed by atoms with Gasteiger partial charge in [-0.1, -0.05) is 11.6 Å². The molecular formula is C13H18ClN3O2. The molecule has 2 amide bonds. The second-order valence-electron chi connectivity index (χ2n) is 4.07. The van der Waals surface area contributed by atoms with Crippen LogP contribution in [0.1, 0.15) is 24.2 Å². The van der Waals surface area contributed by atoms with E-state index in [-0.39, 0.29) is 23.5 Å². The molecule has 1 heterocycles. The summed E-state index contributed by atoms with van der Waals surface area (Å²) in [6, 6.07) is 3.23. The van der Waals surface area contributed by atoms with E-state index < -0.39 is 0 Å². The van der Waals surface area contributed by atoms with Crippen LogP contribution in [0.3, 0.4) is 0 Å². The van der Waals surface area contributed by atoms with Crippen LogP contribution in [0.5, 0.6) is 0 Å². The Kier molecular flexibility index (Phi) is 5.76. The highest BCUT2D eigenvalue weighted by Crippen LogP contribution is 2.13. The molecule has 5 nitrogen and oxygen atoms in total. The van der Waals surface area contributed by atoms with Gasteiger partial charge >= 0.3 is 0 Å². The maximum atomic E-state index is 12.1. The summed E-state index contributed by atoms with van der Waals surface area (Å²) in [4.78, 5) is 30.9. The van der Waals surface area contributed by atoms with Crippen LogP contribution in [-0.4, -0.2) is 53.3 Å². The van der Waals surface area contributed by atoms with E-state index in [0.717, 1.165) is 0 Å². The van der Waals surface area contributed by atoms with Crippen molar-refractivity contribution in [1.82, 2.24) is 14.8 Å². The van der Waals surface area contributed by atoms with Crippen molar-refractivity contribution < 1.29 is 9.59 Å². The molecule has 0 aliphatic rings. The first-order valence-corrected chi connectivity index (χ1v) is 6.52. The molecule has 0 N–H and O–H groups in total. The number of carbonyl (C=O) groups excluding carboxylic acids is 2. The lowest BCUT2D eigenvalue weighted by Crippen LogP contribution is -2.41. The number of hydrogen-bond acceptors (Lipinski definition) is 3.